The zero-order chi connectivity index (χ0) is 25.4. The first kappa shape index (κ1) is 24.1. The van der Waals surface area contributed by atoms with Crippen LogP contribution in [0.1, 0.15) is 42.6 Å². The lowest BCUT2D eigenvalue weighted by atomic mass is 10.0. The number of fused-ring (bicyclic) bond motifs is 2. The summed E-state index contributed by atoms with van der Waals surface area (Å²) in [4.78, 5) is 12.7. The van der Waals surface area contributed by atoms with Crippen LogP contribution in [0.15, 0.2) is 30.3 Å². The van der Waals surface area contributed by atoms with Crippen molar-refractivity contribution in [3.63, 3.8) is 0 Å². The maximum atomic E-state index is 14.7. The first-order chi connectivity index (χ1) is 17.3. The predicted molar refractivity (Wildman–Crippen MR) is 125 cm³/mol. The molecule has 2 aliphatic rings. The fourth-order valence-electron chi connectivity index (χ4n) is 4.38. The van der Waals surface area contributed by atoms with Crippen LogP contribution in [-0.4, -0.2) is 48.1 Å². The fourth-order valence-corrected chi connectivity index (χ4v) is 4.38. The van der Waals surface area contributed by atoms with Gasteiger partial charge in [-0.1, -0.05) is 18.2 Å². The number of hydrogen-bond donors (Lipinski definition) is 2. The predicted octanol–water partition coefficient (Wildman–Crippen LogP) is 4.23. The second kappa shape index (κ2) is 9.81. The SMILES string of the molecule is Cc1nnc(NC(C)c2cccc(C(F)F)c2F)c2cc3c(cc12)OCC(C(=O)NC1CCOC1)O3. The quantitative estimate of drug-likeness (QED) is 0.521. The average molecular weight is 502 g/mol. The van der Waals surface area contributed by atoms with E-state index in [2.05, 4.69) is 20.8 Å². The number of nitrogens with one attached hydrogen (secondary N) is 2. The van der Waals surface area contributed by atoms with E-state index in [4.69, 9.17) is 14.2 Å². The van der Waals surface area contributed by atoms with Crippen molar-refractivity contribution in [1.29, 1.82) is 0 Å². The Morgan fingerprint density at radius 2 is 1.89 bits per heavy atom. The number of anilines is 1. The van der Waals surface area contributed by atoms with Gasteiger partial charge >= 0.3 is 0 Å². The molecule has 1 saturated heterocycles. The van der Waals surface area contributed by atoms with Gasteiger partial charge in [-0.3, -0.25) is 4.79 Å². The molecule has 0 bridgehead atoms. The Balaban J connectivity index is 1.42. The van der Waals surface area contributed by atoms with E-state index in [9.17, 15) is 18.0 Å². The van der Waals surface area contributed by atoms with Gasteiger partial charge in [0.05, 0.1) is 29.9 Å². The highest BCUT2D eigenvalue weighted by atomic mass is 19.3. The lowest BCUT2D eigenvalue weighted by Crippen LogP contribution is -2.47. The van der Waals surface area contributed by atoms with Crippen LogP contribution in [0, 0.1) is 12.7 Å². The number of aromatic nitrogens is 2. The number of rotatable bonds is 6. The van der Waals surface area contributed by atoms with Gasteiger partial charge in [0.25, 0.3) is 12.3 Å². The molecule has 8 nitrogen and oxygen atoms in total. The third-order valence-electron chi connectivity index (χ3n) is 6.37. The second-order valence-corrected chi connectivity index (χ2v) is 8.88. The number of aryl methyl sites for hydroxylation is 1. The summed E-state index contributed by atoms with van der Waals surface area (Å²) in [6, 6.07) is 6.59. The van der Waals surface area contributed by atoms with Crippen LogP contribution in [0.2, 0.25) is 0 Å². The number of halogens is 3. The lowest BCUT2D eigenvalue weighted by Gasteiger charge is -2.27. The van der Waals surface area contributed by atoms with Gasteiger partial charge in [-0.25, -0.2) is 13.2 Å². The Labute approximate surface area is 205 Å². The molecule has 2 aromatic carbocycles. The summed E-state index contributed by atoms with van der Waals surface area (Å²) in [7, 11) is 0. The van der Waals surface area contributed by atoms with Crippen LogP contribution in [0.5, 0.6) is 11.5 Å². The number of amides is 1. The highest BCUT2D eigenvalue weighted by Gasteiger charge is 2.31. The molecule has 36 heavy (non-hydrogen) atoms. The van der Waals surface area contributed by atoms with E-state index in [1.807, 2.05) is 0 Å². The Morgan fingerprint density at radius 3 is 2.64 bits per heavy atom. The molecule has 3 atom stereocenters. The molecule has 3 unspecified atom stereocenters. The van der Waals surface area contributed by atoms with Gasteiger partial charge in [0.2, 0.25) is 6.10 Å². The van der Waals surface area contributed by atoms with Gasteiger partial charge in [-0.15, -0.1) is 5.10 Å². The van der Waals surface area contributed by atoms with E-state index in [0.29, 0.717) is 41.6 Å². The summed E-state index contributed by atoms with van der Waals surface area (Å²) in [5, 5.41) is 15.7. The Morgan fingerprint density at radius 1 is 1.11 bits per heavy atom. The molecular formula is C25H25F3N4O4. The topological polar surface area (TPSA) is 94.6 Å². The van der Waals surface area contributed by atoms with Crippen molar-refractivity contribution >= 4 is 22.5 Å². The van der Waals surface area contributed by atoms with Crippen molar-refractivity contribution in [3.05, 3.63) is 53.0 Å². The van der Waals surface area contributed by atoms with Crippen molar-refractivity contribution in [1.82, 2.24) is 15.5 Å². The molecule has 2 aliphatic heterocycles. The van der Waals surface area contributed by atoms with E-state index in [1.54, 1.807) is 26.0 Å². The maximum Gasteiger partial charge on any atom is 0.266 e. The third-order valence-corrected chi connectivity index (χ3v) is 6.37. The summed E-state index contributed by atoms with van der Waals surface area (Å²) in [6.07, 6.45) is -3.02. The number of nitrogens with zero attached hydrogens (tertiary/aromatic N) is 2. The Hall–Kier alpha value is -3.60. The number of carbonyl (C=O) groups is 1. The van der Waals surface area contributed by atoms with Gasteiger partial charge in [-0.05, 0) is 32.4 Å². The molecule has 190 valence electrons. The molecule has 2 N–H and O–H groups in total. The molecule has 1 fully saturated rings. The first-order valence-corrected chi connectivity index (χ1v) is 11.6. The minimum Gasteiger partial charge on any atom is -0.485 e. The number of alkyl halides is 2. The van der Waals surface area contributed by atoms with Crippen molar-refractivity contribution in [3.8, 4) is 11.5 Å². The minimum absolute atomic E-state index is 0.0529. The second-order valence-electron chi connectivity index (χ2n) is 8.88. The first-order valence-electron chi connectivity index (χ1n) is 11.6. The van der Waals surface area contributed by atoms with Crippen molar-refractivity contribution in [2.45, 2.75) is 44.9 Å². The average Bonchev–Trinajstić information content (AvgIpc) is 3.37. The normalized spacial score (nSPS) is 19.9. The molecule has 1 aromatic heterocycles. The molecule has 3 aromatic rings. The summed E-state index contributed by atoms with van der Waals surface area (Å²) in [6.45, 7) is 4.55. The fraction of sp³-hybridized carbons (Fsp3) is 0.400. The standard InChI is InChI=1S/C25H25F3N4O4/c1-12(15-4-3-5-16(22(15)26)23(27)28)29-24-18-9-20-19(8-17(18)13(2)31-32-24)35-11-21(36-20)25(33)30-14-6-7-34-10-14/h3-5,8-9,12,14,21,23H,6-7,10-11H2,1-2H3,(H,29,32)(H,30,33). The monoisotopic (exact) mass is 502 g/mol. The number of ether oxygens (including phenoxy) is 3. The molecule has 0 saturated carbocycles. The number of hydrogen-bond acceptors (Lipinski definition) is 7. The van der Waals surface area contributed by atoms with Crippen LogP contribution in [0.25, 0.3) is 10.8 Å². The van der Waals surface area contributed by atoms with Crippen LogP contribution in [0.3, 0.4) is 0 Å². The van der Waals surface area contributed by atoms with E-state index < -0.39 is 30.0 Å². The molecule has 0 spiro atoms. The van der Waals surface area contributed by atoms with Crippen LogP contribution < -0.4 is 20.1 Å². The Kier molecular flexibility index (Phi) is 6.57. The smallest absolute Gasteiger partial charge is 0.266 e. The third kappa shape index (κ3) is 4.62. The van der Waals surface area contributed by atoms with Crippen LogP contribution in [-0.2, 0) is 9.53 Å². The highest BCUT2D eigenvalue weighted by Crippen LogP contribution is 2.39. The molecule has 0 radical (unpaired) electrons. The van der Waals surface area contributed by atoms with Gasteiger partial charge < -0.3 is 24.8 Å². The van der Waals surface area contributed by atoms with Crippen LogP contribution in [0.4, 0.5) is 19.0 Å². The largest absolute Gasteiger partial charge is 0.485 e. The summed E-state index contributed by atoms with van der Waals surface area (Å²) < 4.78 is 58.1. The number of carbonyl (C=O) groups excluding carboxylic acids is 1. The molecule has 1 amide bonds. The zero-order valence-corrected chi connectivity index (χ0v) is 19.7. The summed E-state index contributed by atoms with van der Waals surface area (Å²) in [5.41, 5.74) is 0.0455. The van der Waals surface area contributed by atoms with Gasteiger partial charge in [0.1, 0.15) is 12.4 Å². The van der Waals surface area contributed by atoms with E-state index in [0.717, 1.165) is 17.9 Å². The highest BCUT2D eigenvalue weighted by molar-refractivity contribution is 5.96. The summed E-state index contributed by atoms with van der Waals surface area (Å²) >= 11 is 0. The van der Waals surface area contributed by atoms with Gasteiger partial charge in [0, 0.05) is 22.9 Å². The molecule has 11 heteroatoms. The van der Waals surface area contributed by atoms with E-state index >= 15 is 0 Å². The van der Waals surface area contributed by atoms with Crippen LogP contribution >= 0.6 is 0 Å². The molecular weight excluding hydrogens is 477 g/mol. The van der Waals surface area contributed by atoms with Gasteiger partial charge in [-0.2, -0.15) is 5.10 Å². The van der Waals surface area contributed by atoms with Crippen molar-refractivity contribution < 1.29 is 32.2 Å². The Bertz CT molecular complexity index is 1300. The van der Waals surface area contributed by atoms with Gasteiger partial charge in [0.15, 0.2) is 17.3 Å². The summed E-state index contributed by atoms with van der Waals surface area (Å²) in [5.74, 6) is -0.132. The lowest BCUT2D eigenvalue weighted by molar-refractivity contribution is -0.131. The van der Waals surface area contributed by atoms with E-state index in [-0.39, 0.29) is 24.1 Å². The zero-order valence-electron chi connectivity index (χ0n) is 19.7. The van der Waals surface area contributed by atoms with Crippen molar-refractivity contribution in [2.75, 3.05) is 25.1 Å². The maximum absolute atomic E-state index is 14.7. The molecule has 3 heterocycles. The molecule has 0 aliphatic carbocycles. The van der Waals surface area contributed by atoms with Crippen molar-refractivity contribution in [2.24, 2.45) is 0 Å². The number of benzene rings is 2. The minimum atomic E-state index is -2.92. The van der Waals surface area contributed by atoms with E-state index in [1.165, 1.54) is 12.1 Å². The molecule has 5 rings (SSSR count).